The van der Waals surface area contributed by atoms with Gasteiger partial charge in [0.2, 0.25) is 0 Å². The monoisotopic (exact) mass is 340 g/mol. The van der Waals surface area contributed by atoms with E-state index in [0.717, 1.165) is 36.9 Å². The van der Waals surface area contributed by atoms with Crippen LogP contribution in [0.2, 0.25) is 0 Å². The van der Waals surface area contributed by atoms with Crippen molar-refractivity contribution in [2.45, 2.75) is 105 Å². The van der Waals surface area contributed by atoms with Crippen molar-refractivity contribution < 1.29 is 9.47 Å². The molecule has 3 rings (SSSR count). The van der Waals surface area contributed by atoms with Crippen LogP contribution in [-0.2, 0) is 9.47 Å². The highest BCUT2D eigenvalue weighted by molar-refractivity contribution is 4.79. The van der Waals surface area contributed by atoms with Gasteiger partial charge in [0.1, 0.15) is 0 Å². The summed E-state index contributed by atoms with van der Waals surface area (Å²) in [4.78, 5) is 0. The highest BCUT2D eigenvalue weighted by Gasteiger charge is 2.29. The molecule has 0 spiro atoms. The summed E-state index contributed by atoms with van der Waals surface area (Å²) in [5, 5.41) is 0. The number of ether oxygens (including phenoxy) is 2. The fourth-order valence-electron chi connectivity index (χ4n) is 4.05. The molecule has 3 aliphatic rings. The SMILES string of the molecule is CC.CC1CCC(C)OC1.CC1CCC(C2CCC(C)OC2)CC1. The highest BCUT2D eigenvalue weighted by atomic mass is 16.5. The molecule has 1 aliphatic carbocycles. The Labute approximate surface area is 152 Å². The number of hydrogen-bond donors (Lipinski definition) is 0. The molecule has 0 N–H and O–H groups in total. The first-order valence-electron chi connectivity index (χ1n) is 10.8. The lowest BCUT2D eigenvalue weighted by Crippen LogP contribution is -2.31. The lowest BCUT2D eigenvalue weighted by atomic mass is 9.74. The molecule has 2 heterocycles. The third kappa shape index (κ3) is 8.34. The summed E-state index contributed by atoms with van der Waals surface area (Å²) in [6.07, 6.45) is 12.2. The Hall–Kier alpha value is -0.0800. The molecule has 0 radical (unpaired) electrons. The van der Waals surface area contributed by atoms with E-state index < -0.39 is 0 Å². The van der Waals surface area contributed by atoms with Gasteiger partial charge in [-0.3, -0.25) is 0 Å². The molecule has 2 heteroatoms. The summed E-state index contributed by atoms with van der Waals surface area (Å²) in [6, 6.07) is 0. The first-order valence-corrected chi connectivity index (χ1v) is 10.8. The molecule has 2 nitrogen and oxygen atoms in total. The first-order chi connectivity index (χ1) is 11.5. The van der Waals surface area contributed by atoms with Crippen LogP contribution in [0.3, 0.4) is 0 Å². The minimum Gasteiger partial charge on any atom is -0.378 e. The van der Waals surface area contributed by atoms with Gasteiger partial charge in [-0.25, -0.2) is 0 Å². The second-order valence-electron chi connectivity index (χ2n) is 8.33. The van der Waals surface area contributed by atoms with Gasteiger partial charge in [0, 0.05) is 6.61 Å². The molecule has 0 bridgehead atoms. The Bertz CT molecular complexity index is 250. The molecule has 2 aliphatic heterocycles. The summed E-state index contributed by atoms with van der Waals surface area (Å²) in [5.41, 5.74) is 0. The third-order valence-corrected chi connectivity index (χ3v) is 6.00. The zero-order chi connectivity index (χ0) is 17.9. The lowest BCUT2D eigenvalue weighted by molar-refractivity contribution is -0.0292. The van der Waals surface area contributed by atoms with E-state index in [1.54, 1.807) is 0 Å². The van der Waals surface area contributed by atoms with Crippen LogP contribution in [-0.4, -0.2) is 25.4 Å². The van der Waals surface area contributed by atoms with Crippen LogP contribution in [0.15, 0.2) is 0 Å². The zero-order valence-electron chi connectivity index (χ0n) is 17.4. The van der Waals surface area contributed by atoms with E-state index >= 15 is 0 Å². The standard InChI is InChI=1S/C13H24O.C7H14O.C2H6/c1-10-3-6-12(7-4-10)13-8-5-11(2)14-9-13;1-6-3-4-7(2)8-5-6;1-2/h10-13H,3-9H2,1-2H3;6-7H,3-5H2,1-2H3;1-2H3. The van der Waals surface area contributed by atoms with Crippen molar-refractivity contribution in [3.8, 4) is 0 Å². The Morgan fingerprint density at radius 1 is 0.500 bits per heavy atom. The molecule has 24 heavy (non-hydrogen) atoms. The van der Waals surface area contributed by atoms with Gasteiger partial charge in [0.25, 0.3) is 0 Å². The summed E-state index contributed by atoms with van der Waals surface area (Å²) < 4.78 is 11.2. The van der Waals surface area contributed by atoms with E-state index in [0.29, 0.717) is 12.2 Å². The lowest BCUT2D eigenvalue weighted by Gasteiger charge is -2.36. The summed E-state index contributed by atoms with van der Waals surface area (Å²) in [7, 11) is 0. The predicted molar refractivity (Wildman–Crippen MR) is 104 cm³/mol. The molecule has 0 amide bonds. The van der Waals surface area contributed by atoms with Gasteiger partial charge in [0.15, 0.2) is 0 Å². The predicted octanol–water partition coefficient (Wildman–Crippen LogP) is 6.48. The van der Waals surface area contributed by atoms with Gasteiger partial charge in [-0.05, 0) is 76.0 Å². The van der Waals surface area contributed by atoms with Crippen molar-refractivity contribution in [1.29, 1.82) is 0 Å². The van der Waals surface area contributed by atoms with Gasteiger partial charge >= 0.3 is 0 Å². The van der Waals surface area contributed by atoms with Gasteiger partial charge < -0.3 is 9.47 Å². The average Bonchev–Trinajstić information content (AvgIpc) is 2.61. The van der Waals surface area contributed by atoms with Gasteiger partial charge in [0.05, 0.1) is 18.8 Å². The van der Waals surface area contributed by atoms with E-state index in [4.69, 9.17) is 9.47 Å². The molecule has 1 saturated carbocycles. The zero-order valence-corrected chi connectivity index (χ0v) is 17.4. The molecule has 4 unspecified atom stereocenters. The van der Waals surface area contributed by atoms with Crippen molar-refractivity contribution in [3.05, 3.63) is 0 Å². The molecule has 0 aromatic carbocycles. The summed E-state index contributed by atoms with van der Waals surface area (Å²) in [5.74, 6) is 3.65. The third-order valence-electron chi connectivity index (χ3n) is 6.00. The summed E-state index contributed by atoms with van der Waals surface area (Å²) in [6.45, 7) is 15.0. The van der Waals surface area contributed by atoms with E-state index in [9.17, 15) is 0 Å². The molecular weight excluding hydrogens is 296 g/mol. The second-order valence-corrected chi connectivity index (χ2v) is 8.33. The van der Waals surface area contributed by atoms with Crippen molar-refractivity contribution >= 4 is 0 Å². The van der Waals surface area contributed by atoms with Crippen molar-refractivity contribution in [1.82, 2.24) is 0 Å². The van der Waals surface area contributed by atoms with Crippen molar-refractivity contribution in [3.63, 3.8) is 0 Å². The fraction of sp³-hybridized carbons (Fsp3) is 1.00. The van der Waals surface area contributed by atoms with Crippen LogP contribution in [0.1, 0.15) is 92.9 Å². The van der Waals surface area contributed by atoms with E-state index in [1.165, 1.54) is 51.4 Å². The Balaban J connectivity index is 0.000000245. The van der Waals surface area contributed by atoms with Crippen LogP contribution in [0.25, 0.3) is 0 Å². The maximum absolute atomic E-state index is 5.77. The van der Waals surface area contributed by atoms with Gasteiger partial charge in [-0.1, -0.05) is 40.5 Å². The van der Waals surface area contributed by atoms with E-state index in [-0.39, 0.29) is 0 Å². The Kier molecular flexibility index (Phi) is 11.3. The largest absolute Gasteiger partial charge is 0.378 e. The minimum atomic E-state index is 0.520. The highest BCUT2D eigenvalue weighted by Crippen LogP contribution is 2.37. The van der Waals surface area contributed by atoms with Crippen molar-refractivity contribution in [2.75, 3.05) is 13.2 Å². The molecule has 0 aromatic rings. The molecule has 4 atom stereocenters. The Morgan fingerprint density at radius 2 is 0.958 bits per heavy atom. The summed E-state index contributed by atoms with van der Waals surface area (Å²) >= 11 is 0. The quantitative estimate of drug-likeness (QED) is 0.544. The van der Waals surface area contributed by atoms with Crippen LogP contribution in [0.5, 0.6) is 0 Å². The smallest absolute Gasteiger partial charge is 0.0547 e. The van der Waals surface area contributed by atoms with Crippen molar-refractivity contribution in [2.24, 2.45) is 23.7 Å². The van der Waals surface area contributed by atoms with Crippen LogP contribution >= 0.6 is 0 Å². The van der Waals surface area contributed by atoms with Gasteiger partial charge in [-0.2, -0.15) is 0 Å². The van der Waals surface area contributed by atoms with Crippen LogP contribution < -0.4 is 0 Å². The van der Waals surface area contributed by atoms with E-state index in [1.807, 2.05) is 13.8 Å². The molecular formula is C22H44O2. The van der Waals surface area contributed by atoms with Gasteiger partial charge in [-0.15, -0.1) is 0 Å². The number of hydrogen-bond acceptors (Lipinski definition) is 2. The molecule has 3 fully saturated rings. The van der Waals surface area contributed by atoms with E-state index in [2.05, 4.69) is 27.7 Å². The molecule has 2 saturated heterocycles. The van der Waals surface area contributed by atoms with Crippen LogP contribution in [0.4, 0.5) is 0 Å². The second kappa shape index (κ2) is 12.3. The minimum absolute atomic E-state index is 0.520. The average molecular weight is 341 g/mol. The number of rotatable bonds is 1. The maximum Gasteiger partial charge on any atom is 0.0547 e. The topological polar surface area (TPSA) is 18.5 Å². The molecule has 0 aromatic heterocycles. The fourth-order valence-corrected chi connectivity index (χ4v) is 4.05. The normalized spacial score (nSPS) is 39.8. The van der Waals surface area contributed by atoms with Crippen LogP contribution in [0, 0.1) is 23.7 Å². The maximum atomic E-state index is 5.77. The first kappa shape index (κ1) is 22.0. The Morgan fingerprint density at radius 3 is 1.38 bits per heavy atom. The molecule has 144 valence electrons.